The van der Waals surface area contributed by atoms with Crippen LogP contribution in [-0.2, 0) is 0 Å². The predicted octanol–water partition coefficient (Wildman–Crippen LogP) is 2.39. The molecule has 0 fully saturated rings. The Morgan fingerprint density at radius 1 is 1.55 bits per heavy atom. The van der Waals surface area contributed by atoms with Crippen LogP contribution in [0.2, 0.25) is 5.02 Å². The normalized spacial score (nSPS) is 9.64. The number of halogens is 2. The van der Waals surface area contributed by atoms with Crippen molar-refractivity contribution in [3.63, 3.8) is 0 Å². The van der Waals surface area contributed by atoms with E-state index in [1.807, 2.05) is 0 Å². The quantitative estimate of drug-likeness (QED) is 0.486. The van der Waals surface area contributed by atoms with Gasteiger partial charge in [0.05, 0.1) is 11.0 Å². The second-order valence-electron chi connectivity index (χ2n) is 1.85. The van der Waals surface area contributed by atoms with E-state index in [9.17, 15) is 14.5 Å². The summed E-state index contributed by atoms with van der Waals surface area (Å²) in [5.74, 6) is -0.666. The Kier molecular flexibility index (Phi) is 2.05. The summed E-state index contributed by atoms with van der Waals surface area (Å²) in [6.45, 7) is 0. The van der Waals surface area contributed by atoms with Gasteiger partial charge in [-0.15, -0.1) is 0 Å². The van der Waals surface area contributed by atoms with Gasteiger partial charge >= 0.3 is 0 Å². The number of hydrogen-bond donors (Lipinski definition) is 0. The minimum atomic E-state index is -0.731. The zero-order chi connectivity index (χ0) is 8.43. The minimum absolute atomic E-state index is 0.0589. The molecule has 3 nitrogen and oxygen atoms in total. The van der Waals surface area contributed by atoms with Gasteiger partial charge in [0.25, 0.3) is 5.69 Å². The first-order valence-electron chi connectivity index (χ1n) is 2.70. The summed E-state index contributed by atoms with van der Waals surface area (Å²) in [5, 5.41) is 10.1. The molecule has 0 heterocycles. The van der Waals surface area contributed by atoms with Gasteiger partial charge in [0.15, 0.2) is 0 Å². The molecule has 0 saturated carbocycles. The Labute approximate surface area is 66.6 Å². The Hall–Kier alpha value is -1.16. The molecular formula is C6H3ClFNO2. The third-order valence-corrected chi connectivity index (χ3v) is 1.42. The fraction of sp³-hybridized carbons (Fsp3) is 0. The fourth-order valence-corrected chi connectivity index (χ4v) is 0.812. The molecule has 0 bridgehead atoms. The average Bonchev–Trinajstić information content (AvgIpc) is 1.94. The van der Waals surface area contributed by atoms with Crippen molar-refractivity contribution in [1.82, 2.24) is 0 Å². The smallest absolute Gasteiger partial charge is 0.258 e. The second kappa shape index (κ2) is 2.84. The molecule has 1 rings (SSSR count). The van der Waals surface area contributed by atoms with Gasteiger partial charge in [0.2, 0.25) is 0 Å². The first-order valence-corrected chi connectivity index (χ1v) is 3.08. The van der Waals surface area contributed by atoms with Crippen molar-refractivity contribution < 1.29 is 9.31 Å². The van der Waals surface area contributed by atoms with Gasteiger partial charge in [-0.3, -0.25) is 10.1 Å². The van der Waals surface area contributed by atoms with Crippen LogP contribution in [-0.4, -0.2) is 4.92 Å². The number of nitrogens with zero attached hydrogens (tertiary/aromatic N) is 1. The number of benzene rings is 1. The van der Waals surface area contributed by atoms with Crippen LogP contribution in [0.4, 0.5) is 10.1 Å². The van der Waals surface area contributed by atoms with E-state index in [1.165, 1.54) is 0 Å². The van der Waals surface area contributed by atoms with Crippen LogP contribution in [0.1, 0.15) is 0 Å². The third kappa shape index (κ3) is 1.65. The molecule has 1 aromatic carbocycles. The van der Waals surface area contributed by atoms with Crippen LogP contribution in [0.25, 0.3) is 0 Å². The maximum Gasteiger partial charge on any atom is 0.290 e. The fourth-order valence-electron chi connectivity index (χ4n) is 0.626. The number of hydrogen-bond acceptors (Lipinski definition) is 2. The van der Waals surface area contributed by atoms with Crippen LogP contribution in [0, 0.1) is 15.9 Å². The SMILES string of the molecule is O=[N+]([O-])c1cc(F)ccc1Cl. The van der Waals surface area contributed by atoms with Gasteiger partial charge < -0.3 is 0 Å². The molecule has 0 aromatic heterocycles. The Balaban J connectivity index is 3.23. The molecule has 1 aromatic rings. The molecule has 0 spiro atoms. The van der Waals surface area contributed by atoms with Crippen molar-refractivity contribution in [2.75, 3.05) is 0 Å². The molecule has 0 N–H and O–H groups in total. The Morgan fingerprint density at radius 2 is 2.18 bits per heavy atom. The molecule has 0 aliphatic rings. The van der Waals surface area contributed by atoms with E-state index >= 15 is 0 Å². The largest absolute Gasteiger partial charge is 0.290 e. The van der Waals surface area contributed by atoms with E-state index in [4.69, 9.17) is 11.6 Å². The van der Waals surface area contributed by atoms with Crippen LogP contribution < -0.4 is 0 Å². The number of rotatable bonds is 1. The van der Waals surface area contributed by atoms with Crippen LogP contribution in [0.5, 0.6) is 0 Å². The second-order valence-corrected chi connectivity index (χ2v) is 2.26. The molecule has 0 aliphatic heterocycles. The first kappa shape index (κ1) is 7.94. The van der Waals surface area contributed by atoms with Gasteiger partial charge in [-0.05, 0) is 12.1 Å². The van der Waals surface area contributed by atoms with Crippen molar-refractivity contribution in [3.8, 4) is 0 Å². The zero-order valence-electron chi connectivity index (χ0n) is 5.25. The molecule has 0 saturated heterocycles. The standard InChI is InChI=1S/C6H3ClFNO2/c7-5-2-1-4(8)3-6(5)9(10)11/h1-3H. The molecule has 0 amide bonds. The lowest BCUT2D eigenvalue weighted by Crippen LogP contribution is -1.89. The van der Waals surface area contributed by atoms with Crippen LogP contribution in [0.3, 0.4) is 0 Å². The Bertz CT molecular complexity index is 303. The summed E-state index contributed by atoms with van der Waals surface area (Å²) >= 11 is 5.38. The molecule has 11 heavy (non-hydrogen) atoms. The van der Waals surface area contributed by atoms with Crippen molar-refractivity contribution in [3.05, 3.63) is 39.2 Å². The molecule has 58 valence electrons. The van der Waals surface area contributed by atoms with Crippen LogP contribution in [0.15, 0.2) is 18.2 Å². The van der Waals surface area contributed by atoms with Gasteiger partial charge in [-0.25, -0.2) is 4.39 Å². The number of nitro benzene ring substituents is 1. The molecule has 0 unspecified atom stereocenters. The lowest BCUT2D eigenvalue weighted by atomic mass is 10.3. The summed E-state index contributed by atoms with van der Waals surface area (Å²) in [6, 6.07) is 2.99. The van der Waals surface area contributed by atoms with Gasteiger partial charge in [0.1, 0.15) is 10.8 Å². The highest BCUT2D eigenvalue weighted by atomic mass is 35.5. The molecule has 0 atom stereocenters. The lowest BCUT2D eigenvalue weighted by Gasteiger charge is -1.92. The molecule has 0 radical (unpaired) electrons. The third-order valence-electron chi connectivity index (χ3n) is 1.10. The van der Waals surface area contributed by atoms with Crippen molar-refractivity contribution in [2.45, 2.75) is 0 Å². The summed E-state index contributed by atoms with van der Waals surface area (Å²) < 4.78 is 12.3. The van der Waals surface area contributed by atoms with Gasteiger partial charge in [-0.1, -0.05) is 11.6 Å². The molecular weight excluding hydrogens is 173 g/mol. The van der Waals surface area contributed by atoms with E-state index in [0.717, 1.165) is 18.2 Å². The maximum atomic E-state index is 12.3. The highest BCUT2D eigenvalue weighted by molar-refractivity contribution is 6.32. The van der Waals surface area contributed by atoms with E-state index in [2.05, 4.69) is 0 Å². The maximum absolute atomic E-state index is 12.3. The zero-order valence-corrected chi connectivity index (χ0v) is 6.01. The van der Waals surface area contributed by atoms with Crippen molar-refractivity contribution >= 4 is 17.3 Å². The Morgan fingerprint density at radius 3 is 2.64 bits per heavy atom. The first-order chi connectivity index (χ1) is 5.11. The van der Waals surface area contributed by atoms with Gasteiger partial charge in [0, 0.05) is 0 Å². The molecule has 5 heteroatoms. The minimum Gasteiger partial charge on any atom is -0.258 e. The summed E-state index contributed by atoms with van der Waals surface area (Å²) in [5.41, 5.74) is -0.410. The lowest BCUT2D eigenvalue weighted by molar-refractivity contribution is -0.384. The van der Waals surface area contributed by atoms with Crippen molar-refractivity contribution in [1.29, 1.82) is 0 Å². The van der Waals surface area contributed by atoms with E-state index in [1.54, 1.807) is 0 Å². The topological polar surface area (TPSA) is 43.1 Å². The van der Waals surface area contributed by atoms with E-state index in [-0.39, 0.29) is 5.02 Å². The highest BCUT2D eigenvalue weighted by Gasteiger charge is 2.11. The number of nitro groups is 1. The average molecular weight is 176 g/mol. The van der Waals surface area contributed by atoms with Crippen molar-refractivity contribution in [2.24, 2.45) is 0 Å². The summed E-state index contributed by atoms with van der Waals surface area (Å²) in [7, 11) is 0. The monoisotopic (exact) mass is 175 g/mol. The predicted molar refractivity (Wildman–Crippen MR) is 38.1 cm³/mol. The van der Waals surface area contributed by atoms with Gasteiger partial charge in [-0.2, -0.15) is 0 Å². The highest BCUT2D eigenvalue weighted by Crippen LogP contribution is 2.23. The van der Waals surface area contributed by atoms with Crippen LogP contribution >= 0.6 is 11.6 Å². The van der Waals surface area contributed by atoms with E-state index < -0.39 is 16.4 Å². The molecule has 0 aliphatic carbocycles. The van der Waals surface area contributed by atoms with E-state index in [0.29, 0.717) is 0 Å². The summed E-state index contributed by atoms with van der Waals surface area (Å²) in [4.78, 5) is 9.40. The summed E-state index contributed by atoms with van der Waals surface area (Å²) in [6.07, 6.45) is 0.